The Kier molecular flexibility index (Phi) is 1.55. The number of nitrogens with one attached hydrogen (secondary N) is 2. The van der Waals surface area contributed by atoms with Crippen molar-refractivity contribution < 1.29 is 13.2 Å². The molecule has 0 bridgehead atoms. The number of hydrogen-bond acceptors (Lipinski definition) is 1. The van der Waals surface area contributed by atoms with Gasteiger partial charge in [0.25, 0.3) is 0 Å². The number of rotatable bonds is 0. The number of aromatic nitrogens is 2. The van der Waals surface area contributed by atoms with E-state index >= 15 is 0 Å². The number of halogens is 3. The highest BCUT2D eigenvalue weighted by Crippen LogP contribution is 2.28. The molecule has 0 radical (unpaired) electrons. The molecule has 1 aromatic rings. The van der Waals surface area contributed by atoms with Gasteiger partial charge in [0, 0.05) is 6.20 Å². The molecule has 0 atom stereocenters. The first-order valence-corrected chi connectivity index (χ1v) is 2.76. The average Bonchev–Trinajstić information content (AvgIpc) is 2.11. The molecule has 1 heterocycles. The summed E-state index contributed by atoms with van der Waals surface area (Å²) in [5.74, 6) is 0. The lowest BCUT2D eigenvalue weighted by Crippen LogP contribution is -2.03. The fourth-order valence-electron chi connectivity index (χ4n) is 0.517. The summed E-state index contributed by atoms with van der Waals surface area (Å²) in [6.45, 7) is 0. The Hall–Kier alpha value is -0.780. The molecule has 0 aromatic carbocycles. The Bertz CT molecular complexity index is 271. The van der Waals surface area contributed by atoms with Crippen molar-refractivity contribution in [3.63, 3.8) is 0 Å². The van der Waals surface area contributed by atoms with Crippen LogP contribution in [0.5, 0.6) is 0 Å². The van der Waals surface area contributed by atoms with Crippen molar-refractivity contribution in [1.29, 1.82) is 0 Å². The lowest BCUT2D eigenvalue weighted by Gasteiger charge is -1.99. The summed E-state index contributed by atoms with van der Waals surface area (Å²) in [5.41, 5.74) is -0.831. The highest BCUT2D eigenvalue weighted by atomic mass is 32.1. The van der Waals surface area contributed by atoms with Gasteiger partial charge in [-0.05, 0) is 0 Å². The maximum atomic E-state index is 11.8. The molecule has 0 saturated carbocycles. The maximum Gasteiger partial charge on any atom is 0.420 e. The SMILES string of the molecule is FC(F)(F)c1c[nH][nH]c1=S. The molecule has 1 aromatic heterocycles. The number of aromatic amines is 2. The van der Waals surface area contributed by atoms with E-state index in [1.807, 2.05) is 0 Å². The third-order valence-electron chi connectivity index (χ3n) is 0.952. The van der Waals surface area contributed by atoms with Crippen LogP contribution in [0.1, 0.15) is 5.56 Å². The van der Waals surface area contributed by atoms with Crippen LogP contribution in [0, 0.1) is 4.64 Å². The van der Waals surface area contributed by atoms with E-state index in [2.05, 4.69) is 22.4 Å². The van der Waals surface area contributed by atoms with Crippen molar-refractivity contribution in [2.45, 2.75) is 6.18 Å². The molecule has 6 heteroatoms. The second-order valence-electron chi connectivity index (χ2n) is 1.65. The van der Waals surface area contributed by atoms with Crippen molar-refractivity contribution in [3.8, 4) is 0 Å². The zero-order valence-corrected chi connectivity index (χ0v) is 5.44. The number of hydrogen-bond donors (Lipinski definition) is 2. The second-order valence-corrected chi connectivity index (χ2v) is 2.06. The topological polar surface area (TPSA) is 31.6 Å². The standard InChI is InChI=1S/C4H3F3N2S/c5-4(6,7)2-1-8-9-3(2)10/h1H,(H2,8,9,10). The minimum absolute atomic E-state index is 0.312. The van der Waals surface area contributed by atoms with E-state index in [1.165, 1.54) is 0 Å². The number of H-pyrrole nitrogens is 2. The highest BCUT2D eigenvalue weighted by molar-refractivity contribution is 7.71. The molecule has 2 nitrogen and oxygen atoms in total. The van der Waals surface area contributed by atoms with Crippen LogP contribution in [0.3, 0.4) is 0 Å². The zero-order valence-electron chi connectivity index (χ0n) is 4.62. The minimum atomic E-state index is -4.35. The quantitative estimate of drug-likeness (QED) is 0.571. The molecule has 0 fully saturated rings. The van der Waals surface area contributed by atoms with E-state index in [0.717, 1.165) is 6.20 Å². The Morgan fingerprint density at radius 2 is 2.00 bits per heavy atom. The summed E-state index contributed by atoms with van der Waals surface area (Å²) in [6.07, 6.45) is -3.56. The van der Waals surface area contributed by atoms with Gasteiger partial charge in [-0.1, -0.05) is 12.2 Å². The van der Waals surface area contributed by atoms with Crippen molar-refractivity contribution in [2.75, 3.05) is 0 Å². The normalized spacial score (nSPS) is 11.9. The first-order valence-electron chi connectivity index (χ1n) is 2.35. The molecule has 0 aliphatic carbocycles. The molecule has 0 saturated heterocycles. The lowest BCUT2D eigenvalue weighted by atomic mass is 10.4. The van der Waals surface area contributed by atoms with Crippen LogP contribution in [0.2, 0.25) is 0 Å². The van der Waals surface area contributed by atoms with Crippen LogP contribution in [-0.2, 0) is 6.18 Å². The molecule has 56 valence electrons. The van der Waals surface area contributed by atoms with Crippen molar-refractivity contribution in [2.24, 2.45) is 0 Å². The van der Waals surface area contributed by atoms with Gasteiger partial charge in [0.05, 0.1) is 0 Å². The van der Waals surface area contributed by atoms with E-state index in [9.17, 15) is 13.2 Å². The highest BCUT2D eigenvalue weighted by Gasteiger charge is 2.32. The van der Waals surface area contributed by atoms with E-state index in [-0.39, 0.29) is 4.64 Å². The Balaban J connectivity index is 3.18. The van der Waals surface area contributed by atoms with Crippen LogP contribution < -0.4 is 0 Å². The summed E-state index contributed by atoms with van der Waals surface area (Å²) in [7, 11) is 0. The largest absolute Gasteiger partial charge is 0.420 e. The fraction of sp³-hybridized carbons (Fsp3) is 0.250. The van der Waals surface area contributed by atoms with Gasteiger partial charge < -0.3 is 5.10 Å². The maximum absolute atomic E-state index is 11.8. The summed E-state index contributed by atoms with van der Waals surface area (Å²) in [6, 6.07) is 0. The van der Waals surface area contributed by atoms with Gasteiger partial charge in [0.2, 0.25) is 0 Å². The minimum Gasteiger partial charge on any atom is -0.307 e. The lowest BCUT2D eigenvalue weighted by molar-refractivity contribution is -0.137. The van der Waals surface area contributed by atoms with Gasteiger partial charge in [-0.15, -0.1) is 0 Å². The van der Waals surface area contributed by atoms with Crippen LogP contribution in [0.25, 0.3) is 0 Å². The Morgan fingerprint density at radius 1 is 1.40 bits per heavy atom. The summed E-state index contributed by atoms with van der Waals surface area (Å²) < 4.78 is 35.0. The van der Waals surface area contributed by atoms with Gasteiger partial charge >= 0.3 is 6.18 Å². The van der Waals surface area contributed by atoms with Gasteiger partial charge in [-0.2, -0.15) is 13.2 Å². The van der Waals surface area contributed by atoms with E-state index in [1.54, 1.807) is 0 Å². The van der Waals surface area contributed by atoms with Gasteiger partial charge in [-0.3, -0.25) is 5.10 Å². The first kappa shape index (κ1) is 7.33. The van der Waals surface area contributed by atoms with E-state index in [0.29, 0.717) is 0 Å². The molecule has 0 amide bonds. The average molecular weight is 168 g/mol. The monoisotopic (exact) mass is 168 g/mol. The summed E-state index contributed by atoms with van der Waals surface area (Å²) in [5, 5.41) is 4.30. The molecule has 0 spiro atoms. The Morgan fingerprint density at radius 3 is 2.20 bits per heavy atom. The molecule has 1 rings (SSSR count). The second kappa shape index (κ2) is 2.12. The van der Waals surface area contributed by atoms with Crippen LogP contribution >= 0.6 is 12.2 Å². The molecule has 10 heavy (non-hydrogen) atoms. The predicted octanol–water partition coefficient (Wildman–Crippen LogP) is 2.09. The molecular formula is C4H3F3N2S. The van der Waals surface area contributed by atoms with E-state index in [4.69, 9.17) is 0 Å². The molecule has 0 unspecified atom stereocenters. The number of alkyl halides is 3. The third-order valence-corrected chi connectivity index (χ3v) is 1.27. The molecule has 2 N–H and O–H groups in total. The first-order chi connectivity index (χ1) is 4.52. The smallest absolute Gasteiger partial charge is 0.307 e. The van der Waals surface area contributed by atoms with Crippen molar-refractivity contribution in [3.05, 3.63) is 16.4 Å². The van der Waals surface area contributed by atoms with Crippen LogP contribution in [0.4, 0.5) is 13.2 Å². The van der Waals surface area contributed by atoms with E-state index < -0.39 is 11.7 Å². The van der Waals surface area contributed by atoms with Crippen LogP contribution in [0.15, 0.2) is 6.20 Å². The van der Waals surface area contributed by atoms with Gasteiger partial charge in [0.15, 0.2) is 0 Å². The fourth-order valence-corrected chi connectivity index (χ4v) is 0.751. The third kappa shape index (κ3) is 1.21. The molecule has 0 aliphatic heterocycles. The molecular weight excluding hydrogens is 165 g/mol. The van der Waals surface area contributed by atoms with Crippen molar-refractivity contribution in [1.82, 2.24) is 10.2 Å². The van der Waals surface area contributed by atoms with Crippen molar-refractivity contribution >= 4 is 12.2 Å². The summed E-state index contributed by atoms with van der Waals surface area (Å²) >= 11 is 4.33. The zero-order chi connectivity index (χ0) is 7.78. The molecule has 0 aliphatic rings. The van der Waals surface area contributed by atoms with Crippen LogP contribution in [-0.4, -0.2) is 10.2 Å². The predicted molar refractivity (Wildman–Crippen MR) is 31.0 cm³/mol. The summed E-state index contributed by atoms with van der Waals surface area (Å²) in [4.78, 5) is 0. The Labute approximate surface area is 59.0 Å². The van der Waals surface area contributed by atoms with Gasteiger partial charge in [0.1, 0.15) is 10.2 Å². The van der Waals surface area contributed by atoms with Gasteiger partial charge in [-0.25, -0.2) is 0 Å².